The van der Waals surface area contributed by atoms with Gasteiger partial charge in [-0.25, -0.2) is 0 Å². The Balaban J connectivity index is 1.76. The largest absolute Gasteiger partial charge is 0.475 e. The topological polar surface area (TPSA) is 143 Å². The van der Waals surface area contributed by atoms with E-state index >= 15 is 0 Å². The van der Waals surface area contributed by atoms with Crippen LogP contribution in [0.5, 0.6) is 0 Å². The molecule has 3 rings (SSSR count). The molecule has 1 heterocycles. The molecule has 38 heavy (non-hydrogen) atoms. The molecule has 0 bridgehead atoms. The lowest BCUT2D eigenvalue weighted by Crippen LogP contribution is -2.57. The lowest BCUT2D eigenvalue weighted by atomic mass is 9.75. The first-order valence-corrected chi connectivity index (χ1v) is 12.5. The minimum absolute atomic E-state index is 0.0714. The van der Waals surface area contributed by atoms with Gasteiger partial charge in [-0.2, -0.15) is 0 Å². The number of aliphatic imine (C=N–C) groups is 1. The molecule has 0 radical (unpaired) electrons. The Morgan fingerprint density at radius 3 is 2.32 bits per heavy atom. The van der Waals surface area contributed by atoms with Crippen molar-refractivity contribution < 1.29 is 24.4 Å². The first kappa shape index (κ1) is 28.6. The van der Waals surface area contributed by atoms with Gasteiger partial charge in [0.05, 0.1) is 12.5 Å². The molecule has 5 N–H and O–H groups in total. The molecule has 0 unspecified atom stereocenters. The van der Waals surface area contributed by atoms with Crippen molar-refractivity contribution in [3.63, 3.8) is 0 Å². The molecular weight excluding hydrogens is 485 g/mol. The van der Waals surface area contributed by atoms with Crippen molar-refractivity contribution in [1.29, 1.82) is 0 Å². The maximum atomic E-state index is 13.2. The van der Waals surface area contributed by atoms with Crippen LogP contribution in [0.3, 0.4) is 0 Å². The Bertz CT molecular complexity index is 1170. The molecule has 3 amide bonds. The number of benzene rings is 2. The predicted octanol–water partition coefficient (Wildman–Crippen LogP) is 1.18. The van der Waals surface area contributed by atoms with Crippen LogP contribution in [0.2, 0.25) is 0 Å². The number of rotatable bonds is 11. The number of anilines is 1. The number of aryl methyl sites for hydroxylation is 1. The highest BCUT2D eigenvalue weighted by atomic mass is 16.4. The fourth-order valence-electron chi connectivity index (χ4n) is 3.87. The van der Waals surface area contributed by atoms with Crippen molar-refractivity contribution in [2.75, 3.05) is 18.0 Å². The van der Waals surface area contributed by atoms with Crippen LogP contribution < -0.4 is 20.9 Å². The van der Waals surface area contributed by atoms with Gasteiger partial charge in [-0.15, -0.1) is 0 Å². The lowest BCUT2D eigenvalue weighted by Gasteiger charge is -2.25. The number of nitrogens with one attached hydrogen (secondary N) is 3. The molecule has 0 aromatic heterocycles. The number of amides is 3. The first-order valence-electron chi connectivity index (χ1n) is 12.5. The van der Waals surface area contributed by atoms with Gasteiger partial charge >= 0.3 is 7.12 Å². The molecule has 200 valence electrons. The summed E-state index contributed by atoms with van der Waals surface area (Å²) in [5.41, 5.74) is 2.36. The molecule has 2 atom stereocenters. The number of nitrogens with zero attached hydrogens (tertiary/aromatic N) is 2. The first-order chi connectivity index (χ1) is 18.1. The second-order valence-corrected chi connectivity index (χ2v) is 9.57. The molecule has 10 nitrogen and oxygen atoms in total. The molecular formula is C27H34BN5O5. The molecule has 2 aromatic carbocycles. The molecule has 2 aromatic rings. The highest BCUT2D eigenvalue weighted by Gasteiger charge is 2.31. The number of carbonyl (C=O) groups excluding carboxylic acids is 3. The maximum Gasteiger partial charge on any atom is 0.475 e. The standard InChI is InChI=1S/C27H34BN5O5/c1-18(2)15-24(28(37)38)32-26(35)22(16-30-25(34)20-11-9-19(3)10-12-20)31-27(36)23-17-33(14-13-29-23)21-7-5-4-6-8-21/h4-13,17-18,22,24,37-38H,14-16H2,1-3H3,(H,30,34)(H,31,36)(H,32,35)/t22-,24-/m0/s1. The summed E-state index contributed by atoms with van der Waals surface area (Å²) in [6, 6.07) is 15.2. The molecule has 0 fully saturated rings. The van der Waals surface area contributed by atoms with Gasteiger partial charge in [0.1, 0.15) is 11.7 Å². The van der Waals surface area contributed by atoms with Crippen molar-refractivity contribution in [3.8, 4) is 0 Å². The van der Waals surface area contributed by atoms with Crippen LogP contribution in [0.15, 0.2) is 71.5 Å². The summed E-state index contributed by atoms with van der Waals surface area (Å²) in [6.07, 6.45) is 3.49. The maximum absolute atomic E-state index is 13.2. The molecule has 0 saturated heterocycles. The van der Waals surface area contributed by atoms with Crippen LogP contribution in [0.4, 0.5) is 5.69 Å². The van der Waals surface area contributed by atoms with Crippen LogP contribution in [-0.4, -0.2) is 66.2 Å². The zero-order chi connectivity index (χ0) is 27.7. The normalized spacial score (nSPS) is 14.4. The van der Waals surface area contributed by atoms with E-state index in [0.29, 0.717) is 18.5 Å². The zero-order valence-electron chi connectivity index (χ0n) is 21.8. The van der Waals surface area contributed by atoms with E-state index in [9.17, 15) is 24.4 Å². The third-order valence-electron chi connectivity index (χ3n) is 5.92. The van der Waals surface area contributed by atoms with Crippen molar-refractivity contribution >= 4 is 36.7 Å². The highest BCUT2D eigenvalue weighted by Crippen LogP contribution is 2.17. The van der Waals surface area contributed by atoms with E-state index in [1.165, 1.54) is 0 Å². The smallest absolute Gasteiger partial charge is 0.426 e. The summed E-state index contributed by atoms with van der Waals surface area (Å²) in [5.74, 6) is -2.57. The summed E-state index contributed by atoms with van der Waals surface area (Å²) in [7, 11) is -1.79. The van der Waals surface area contributed by atoms with Crippen molar-refractivity contribution in [3.05, 3.63) is 77.6 Å². The quantitative estimate of drug-likeness (QED) is 0.282. The van der Waals surface area contributed by atoms with Crippen molar-refractivity contribution in [2.24, 2.45) is 10.9 Å². The predicted molar refractivity (Wildman–Crippen MR) is 147 cm³/mol. The lowest BCUT2D eigenvalue weighted by molar-refractivity contribution is -0.127. The average molecular weight is 519 g/mol. The summed E-state index contributed by atoms with van der Waals surface area (Å²) in [5, 5.41) is 27.4. The molecule has 1 aliphatic rings. The molecule has 1 aliphatic heterocycles. The van der Waals surface area contributed by atoms with E-state index in [-0.39, 0.29) is 18.2 Å². The fraction of sp³-hybridized carbons (Fsp3) is 0.333. The third kappa shape index (κ3) is 8.29. The van der Waals surface area contributed by atoms with Crippen molar-refractivity contribution in [1.82, 2.24) is 16.0 Å². The van der Waals surface area contributed by atoms with Gasteiger partial charge in [0.25, 0.3) is 11.8 Å². The number of para-hydroxylation sites is 1. The number of hydrogen-bond acceptors (Lipinski definition) is 7. The van der Waals surface area contributed by atoms with Gasteiger partial charge in [0.2, 0.25) is 5.91 Å². The van der Waals surface area contributed by atoms with Crippen LogP contribution in [0.1, 0.15) is 36.2 Å². The van der Waals surface area contributed by atoms with Gasteiger partial charge in [-0.1, -0.05) is 49.7 Å². The Labute approximate surface area is 223 Å². The van der Waals surface area contributed by atoms with Gasteiger partial charge in [-0.3, -0.25) is 19.4 Å². The fourth-order valence-corrected chi connectivity index (χ4v) is 3.87. The second-order valence-electron chi connectivity index (χ2n) is 9.57. The van der Waals surface area contributed by atoms with E-state index < -0.39 is 36.8 Å². The summed E-state index contributed by atoms with van der Waals surface area (Å²) in [6.45, 7) is 5.92. The Morgan fingerprint density at radius 1 is 1.00 bits per heavy atom. The summed E-state index contributed by atoms with van der Waals surface area (Å²) < 4.78 is 0. The van der Waals surface area contributed by atoms with Crippen LogP contribution in [0, 0.1) is 12.8 Å². The Hall–Kier alpha value is -3.96. The van der Waals surface area contributed by atoms with E-state index in [0.717, 1.165) is 11.3 Å². The number of carbonyl (C=O) groups is 3. The summed E-state index contributed by atoms with van der Waals surface area (Å²) in [4.78, 5) is 45.0. The van der Waals surface area contributed by atoms with Gasteiger partial charge in [0.15, 0.2) is 0 Å². The summed E-state index contributed by atoms with van der Waals surface area (Å²) >= 11 is 0. The SMILES string of the molecule is Cc1ccc(C(=O)NC[C@H](NC(=O)C2=CN(c3ccccc3)CC=N2)C(=O)N[C@@H](CC(C)C)B(O)O)cc1. The monoisotopic (exact) mass is 519 g/mol. The molecule has 0 aliphatic carbocycles. The minimum Gasteiger partial charge on any atom is -0.426 e. The van der Waals surface area contributed by atoms with Gasteiger partial charge in [-0.05, 0) is 43.5 Å². The second kappa shape index (κ2) is 13.5. The molecule has 0 spiro atoms. The molecule has 11 heteroatoms. The van der Waals surface area contributed by atoms with E-state index in [2.05, 4.69) is 20.9 Å². The van der Waals surface area contributed by atoms with E-state index in [4.69, 9.17) is 0 Å². The number of hydrogen-bond donors (Lipinski definition) is 5. The van der Waals surface area contributed by atoms with Gasteiger partial charge in [0, 0.05) is 30.2 Å². The zero-order valence-corrected chi connectivity index (χ0v) is 21.8. The van der Waals surface area contributed by atoms with Crippen LogP contribution in [0.25, 0.3) is 0 Å². The van der Waals surface area contributed by atoms with Crippen molar-refractivity contribution in [2.45, 2.75) is 39.2 Å². The van der Waals surface area contributed by atoms with E-state index in [1.54, 1.807) is 36.7 Å². The van der Waals surface area contributed by atoms with Crippen LogP contribution >= 0.6 is 0 Å². The Kier molecular flexibility index (Phi) is 10.2. The molecule has 0 saturated carbocycles. The minimum atomic E-state index is -1.79. The van der Waals surface area contributed by atoms with E-state index in [1.807, 2.05) is 56.0 Å². The van der Waals surface area contributed by atoms with Gasteiger partial charge < -0.3 is 30.9 Å². The Morgan fingerprint density at radius 2 is 1.68 bits per heavy atom. The van der Waals surface area contributed by atoms with Crippen LogP contribution in [-0.2, 0) is 9.59 Å². The average Bonchev–Trinajstić information content (AvgIpc) is 2.91. The highest BCUT2D eigenvalue weighted by molar-refractivity contribution is 6.43. The third-order valence-corrected chi connectivity index (χ3v) is 5.92.